The van der Waals surface area contributed by atoms with E-state index in [0.717, 1.165) is 35.7 Å². The standard InChI is InChI=1S/C27H28N6OS/c1-31-14-3-4-25(31)19-32(27(35)30-23-9-11-26(34-2)12-10-23)15-13-24-17-29-20-33(24)18-22-7-5-21(16-28)6-8-22/h3-12,14,17,20H,13,15,18-19H2,1-2H3,(H,30,35). The zero-order chi connectivity index (χ0) is 24.6. The maximum absolute atomic E-state index is 9.03. The van der Waals surface area contributed by atoms with Crippen molar-refractivity contribution in [2.24, 2.45) is 7.05 Å². The highest BCUT2D eigenvalue weighted by Crippen LogP contribution is 2.17. The van der Waals surface area contributed by atoms with Crippen LogP contribution >= 0.6 is 12.2 Å². The number of benzene rings is 2. The molecule has 8 heteroatoms. The highest BCUT2D eigenvalue weighted by molar-refractivity contribution is 7.80. The normalized spacial score (nSPS) is 10.5. The second-order valence-electron chi connectivity index (χ2n) is 8.26. The summed E-state index contributed by atoms with van der Waals surface area (Å²) in [5.41, 5.74) is 5.00. The third kappa shape index (κ3) is 6.28. The molecule has 0 amide bonds. The summed E-state index contributed by atoms with van der Waals surface area (Å²) in [7, 11) is 3.70. The monoisotopic (exact) mass is 484 g/mol. The largest absolute Gasteiger partial charge is 0.497 e. The first-order chi connectivity index (χ1) is 17.1. The van der Waals surface area contributed by atoms with Gasteiger partial charge in [0.05, 0.1) is 31.6 Å². The molecule has 4 aromatic rings. The summed E-state index contributed by atoms with van der Waals surface area (Å²) in [6, 6.07) is 21.7. The third-order valence-corrected chi connectivity index (χ3v) is 6.27. The van der Waals surface area contributed by atoms with E-state index in [1.54, 1.807) is 7.11 Å². The molecule has 0 radical (unpaired) electrons. The van der Waals surface area contributed by atoms with E-state index < -0.39 is 0 Å². The number of nitrogens with one attached hydrogen (secondary N) is 1. The predicted molar refractivity (Wildman–Crippen MR) is 141 cm³/mol. The zero-order valence-electron chi connectivity index (χ0n) is 19.9. The highest BCUT2D eigenvalue weighted by atomic mass is 32.1. The molecule has 35 heavy (non-hydrogen) atoms. The fourth-order valence-corrected chi connectivity index (χ4v) is 4.09. The number of nitrogens with zero attached hydrogens (tertiary/aromatic N) is 5. The Labute approximate surface area is 211 Å². The minimum absolute atomic E-state index is 0.661. The second-order valence-corrected chi connectivity index (χ2v) is 8.65. The summed E-state index contributed by atoms with van der Waals surface area (Å²) in [5.74, 6) is 0.803. The number of imidazole rings is 1. The molecule has 0 saturated carbocycles. The van der Waals surface area contributed by atoms with Crippen LogP contribution in [-0.4, -0.2) is 37.8 Å². The molecule has 0 aliphatic heterocycles. The lowest BCUT2D eigenvalue weighted by atomic mass is 10.1. The number of nitriles is 1. The molecule has 0 aliphatic rings. The van der Waals surface area contributed by atoms with E-state index in [4.69, 9.17) is 22.2 Å². The Hall–Kier alpha value is -4.09. The van der Waals surface area contributed by atoms with E-state index in [0.29, 0.717) is 23.8 Å². The number of hydrogen-bond acceptors (Lipinski definition) is 4. The van der Waals surface area contributed by atoms with Gasteiger partial charge in [0.1, 0.15) is 5.75 Å². The molecule has 2 heterocycles. The highest BCUT2D eigenvalue weighted by Gasteiger charge is 2.14. The van der Waals surface area contributed by atoms with Crippen LogP contribution in [0.1, 0.15) is 22.5 Å². The number of rotatable bonds is 9. The quantitative estimate of drug-likeness (QED) is 0.350. The van der Waals surface area contributed by atoms with E-state index in [2.05, 4.69) is 36.5 Å². The molecule has 178 valence electrons. The Morgan fingerprint density at radius 2 is 1.89 bits per heavy atom. The molecule has 0 aliphatic carbocycles. The van der Waals surface area contributed by atoms with Crippen molar-refractivity contribution in [1.82, 2.24) is 19.0 Å². The van der Waals surface area contributed by atoms with Crippen LogP contribution in [0.15, 0.2) is 79.4 Å². The molecule has 0 bridgehead atoms. The Morgan fingerprint density at radius 1 is 1.11 bits per heavy atom. The summed E-state index contributed by atoms with van der Waals surface area (Å²) in [4.78, 5) is 6.55. The van der Waals surface area contributed by atoms with Crippen molar-refractivity contribution >= 4 is 23.0 Å². The van der Waals surface area contributed by atoms with Gasteiger partial charge in [-0.3, -0.25) is 0 Å². The predicted octanol–water partition coefficient (Wildman–Crippen LogP) is 4.59. The first kappa shape index (κ1) is 24.0. The zero-order valence-corrected chi connectivity index (χ0v) is 20.7. The number of methoxy groups -OCH3 is 1. The van der Waals surface area contributed by atoms with Crippen LogP contribution in [0.25, 0.3) is 0 Å². The number of aromatic nitrogens is 3. The molecule has 1 N–H and O–H groups in total. The van der Waals surface area contributed by atoms with E-state index >= 15 is 0 Å². The fraction of sp³-hybridized carbons (Fsp3) is 0.222. The Morgan fingerprint density at radius 3 is 2.54 bits per heavy atom. The summed E-state index contributed by atoms with van der Waals surface area (Å²) in [6.07, 6.45) is 6.58. The summed E-state index contributed by atoms with van der Waals surface area (Å²) < 4.78 is 9.50. The lowest BCUT2D eigenvalue weighted by Gasteiger charge is -2.26. The van der Waals surface area contributed by atoms with Crippen LogP contribution in [-0.2, 0) is 26.6 Å². The Kier molecular flexibility index (Phi) is 7.81. The van der Waals surface area contributed by atoms with Gasteiger partial charge in [0, 0.05) is 56.0 Å². The maximum Gasteiger partial charge on any atom is 0.173 e. The van der Waals surface area contributed by atoms with Gasteiger partial charge >= 0.3 is 0 Å². The van der Waals surface area contributed by atoms with Crippen LogP contribution < -0.4 is 10.1 Å². The molecule has 0 atom stereocenters. The van der Waals surface area contributed by atoms with E-state index in [-0.39, 0.29) is 0 Å². The van der Waals surface area contributed by atoms with Crippen LogP contribution in [0.4, 0.5) is 5.69 Å². The van der Waals surface area contributed by atoms with Gasteiger partial charge in [-0.05, 0) is 66.3 Å². The van der Waals surface area contributed by atoms with Gasteiger partial charge in [-0.25, -0.2) is 4.98 Å². The summed E-state index contributed by atoms with van der Waals surface area (Å²) >= 11 is 5.82. The topological polar surface area (TPSA) is 71.0 Å². The molecule has 0 fully saturated rings. The summed E-state index contributed by atoms with van der Waals surface area (Å²) in [5, 5.41) is 13.1. The van der Waals surface area contributed by atoms with Crippen LogP contribution in [0.2, 0.25) is 0 Å². The van der Waals surface area contributed by atoms with Crippen LogP contribution in [0.5, 0.6) is 5.75 Å². The lowest BCUT2D eigenvalue weighted by molar-refractivity contribution is 0.407. The molecule has 2 aromatic heterocycles. The maximum atomic E-state index is 9.03. The summed E-state index contributed by atoms with van der Waals surface area (Å²) in [6.45, 7) is 2.12. The number of thiocarbonyl (C=S) groups is 1. The minimum Gasteiger partial charge on any atom is -0.497 e. The fourth-order valence-electron chi connectivity index (χ4n) is 3.82. The van der Waals surface area contributed by atoms with Gasteiger partial charge in [0.2, 0.25) is 0 Å². The molecule has 2 aromatic carbocycles. The Balaban J connectivity index is 1.46. The van der Waals surface area contributed by atoms with Gasteiger partial charge in [-0.15, -0.1) is 0 Å². The van der Waals surface area contributed by atoms with Crippen LogP contribution in [0, 0.1) is 11.3 Å². The van der Waals surface area contributed by atoms with E-state index in [9.17, 15) is 0 Å². The van der Waals surface area contributed by atoms with E-state index in [1.807, 2.05) is 80.4 Å². The van der Waals surface area contributed by atoms with Gasteiger partial charge in [-0.1, -0.05) is 12.1 Å². The van der Waals surface area contributed by atoms with Crippen molar-refractivity contribution in [1.29, 1.82) is 5.26 Å². The molecule has 4 rings (SSSR count). The van der Waals surface area contributed by atoms with Gasteiger partial charge in [0.25, 0.3) is 0 Å². The molecule has 0 saturated heterocycles. The molecule has 0 spiro atoms. The van der Waals surface area contributed by atoms with Gasteiger partial charge in [-0.2, -0.15) is 5.26 Å². The molecule has 0 unspecified atom stereocenters. The SMILES string of the molecule is COc1ccc(NC(=S)N(CCc2cncn2Cc2ccc(C#N)cc2)Cc2cccn2C)cc1. The minimum atomic E-state index is 0.661. The van der Waals surface area contributed by atoms with Gasteiger partial charge < -0.3 is 24.1 Å². The van der Waals surface area contributed by atoms with Crippen molar-refractivity contribution < 1.29 is 4.74 Å². The van der Waals surface area contributed by atoms with Crippen molar-refractivity contribution in [2.45, 2.75) is 19.5 Å². The molecular weight excluding hydrogens is 456 g/mol. The first-order valence-corrected chi connectivity index (χ1v) is 11.7. The Bertz CT molecular complexity index is 1300. The first-order valence-electron chi connectivity index (χ1n) is 11.3. The number of ether oxygens (including phenoxy) is 1. The van der Waals surface area contributed by atoms with Crippen molar-refractivity contribution in [3.05, 3.63) is 102 Å². The van der Waals surface area contributed by atoms with Crippen molar-refractivity contribution in [2.75, 3.05) is 19.0 Å². The second kappa shape index (κ2) is 11.4. The lowest BCUT2D eigenvalue weighted by Crippen LogP contribution is -2.36. The molecule has 7 nitrogen and oxygen atoms in total. The molecular formula is C27H28N6OS. The third-order valence-electron chi connectivity index (χ3n) is 5.91. The average molecular weight is 485 g/mol. The van der Waals surface area contributed by atoms with Crippen LogP contribution in [0.3, 0.4) is 0 Å². The average Bonchev–Trinajstić information content (AvgIpc) is 3.50. The smallest absolute Gasteiger partial charge is 0.173 e. The van der Waals surface area contributed by atoms with Crippen molar-refractivity contribution in [3.63, 3.8) is 0 Å². The number of anilines is 1. The number of aryl methyl sites for hydroxylation is 1. The van der Waals surface area contributed by atoms with Crippen molar-refractivity contribution in [3.8, 4) is 11.8 Å². The number of hydrogen-bond donors (Lipinski definition) is 1. The van der Waals surface area contributed by atoms with E-state index in [1.165, 1.54) is 5.69 Å². The van der Waals surface area contributed by atoms with Gasteiger partial charge in [0.15, 0.2) is 5.11 Å².